The number of carbonyl (C=O) groups excluding carboxylic acids is 2. The molecule has 0 radical (unpaired) electrons. The zero-order chi connectivity index (χ0) is 24.0. The number of fused-ring (bicyclic) bond motifs is 1. The maximum Gasteiger partial charge on any atom is 0.300 e. The molecule has 2 aliphatic heterocycles. The molecule has 1 N–H and O–H groups in total. The minimum Gasteiger partial charge on any atom is -0.507 e. The van der Waals surface area contributed by atoms with Gasteiger partial charge in [0.05, 0.1) is 24.3 Å². The summed E-state index contributed by atoms with van der Waals surface area (Å²) in [6, 6.07) is 17.0. The highest BCUT2D eigenvalue weighted by Gasteiger charge is 2.47. The van der Waals surface area contributed by atoms with Crippen LogP contribution in [-0.4, -0.2) is 30.7 Å². The Morgan fingerprint density at radius 2 is 1.74 bits per heavy atom. The number of ketones is 1. The number of nitrogens with zero attached hydrogens (tertiary/aromatic N) is 1. The second-order valence-corrected chi connectivity index (χ2v) is 8.28. The lowest BCUT2D eigenvalue weighted by Gasteiger charge is -2.25. The van der Waals surface area contributed by atoms with Crippen LogP contribution in [-0.2, 0) is 9.59 Å². The SMILES string of the molecule is COc1c(C)cc(C)cc1/C(O)=C1\C(=O)C(=O)N(c2ccc3c(c2)OCO3)C1c1ccccc1. The summed E-state index contributed by atoms with van der Waals surface area (Å²) in [4.78, 5) is 28.1. The Hall–Kier alpha value is -4.26. The van der Waals surface area contributed by atoms with E-state index in [1.165, 1.54) is 12.0 Å². The number of aryl methyl sites for hydroxylation is 2. The Labute approximate surface area is 196 Å². The van der Waals surface area contributed by atoms with E-state index in [9.17, 15) is 14.7 Å². The van der Waals surface area contributed by atoms with E-state index < -0.39 is 17.7 Å². The maximum atomic E-state index is 13.4. The first-order valence-corrected chi connectivity index (χ1v) is 10.8. The first-order valence-electron chi connectivity index (χ1n) is 10.8. The van der Waals surface area contributed by atoms with Gasteiger partial charge in [0.15, 0.2) is 11.5 Å². The number of benzene rings is 3. The lowest BCUT2D eigenvalue weighted by atomic mass is 9.93. The first kappa shape index (κ1) is 21.6. The van der Waals surface area contributed by atoms with E-state index in [2.05, 4.69) is 0 Å². The molecule has 1 unspecified atom stereocenters. The third kappa shape index (κ3) is 3.37. The van der Waals surface area contributed by atoms with Gasteiger partial charge in [0, 0.05) is 11.8 Å². The van der Waals surface area contributed by atoms with E-state index in [1.54, 1.807) is 24.3 Å². The summed E-state index contributed by atoms with van der Waals surface area (Å²) in [5.41, 5.74) is 3.21. The number of amides is 1. The molecule has 1 saturated heterocycles. The standard InChI is InChI=1S/C27H23NO6/c1-15-11-16(2)26(32-3)19(12-15)24(29)22-23(17-7-5-4-6-8-17)28(27(31)25(22)30)18-9-10-20-21(13-18)34-14-33-20/h4-13,23,29H,14H2,1-3H3/b24-22+. The Morgan fingerprint density at radius 3 is 2.47 bits per heavy atom. The first-order chi connectivity index (χ1) is 16.4. The molecule has 2 heterocycles. The summed E-state index contributed by atoms with van der Waals surface area (Å²) >= 11 is 0. The van der Waals surface area contributed by atoms with Crippen LogP contribution < -0.4 is 19.1 Å². The lowest BCUT2D eigenvalue weighted by Crippen LogP contribution is -2.29. The molecule has 34 heavy (non-hydrogen) atoms. The molecule has 3 aromatic rings. The predicted molar refractivity (Wildman–Crippen MR) is 126 cm³/mol. The van der Waals surface area contributed by atoms with E-state index in [-0.39, 0.29) is 18.1 Å². The number of aliphatic hydroxyl groups is 1. The van der Waals surface area contributed by atoms with Crippen LogP contribution in [0.1, 0.15) is 28.3 Å². The van der Waals surface area contributed by atoms with Gasteiger partial charge >= 0.3 is 0 Å². The minimum absolute atomic E-state index is 0.00262. The molecule has 0 spiro atoms. The molecular formula is C27H23NO6. The predicted octanol–water partition coefficient (Wildman–Crippen LogP) is 4.67. The molecule has 3 aromatic carbocycles. The van der Waals surface area contributed by atoms with E-state index in [1.807, 2.05) is 50.2 Å². The number of Topliss-reactive ketones (excluding diaryl/α,β-unsaturated/α-hetero) is 1. The van der Waals surface area contributed by atoms with Crippen LogP contribution in [0.3, 0.4) is 0 Å². The third-order valence-electron chi connectivity index (χ3n) is 6.07. The maximum absolute atomic E-state index is 13.4. The molecule has 1 fully saturated rings. The van der Waals surface area contributed by atoms with E-state index in [4.69, 9.17) is 14.2 Å². The number of hydrogen-bond acceptors (Lipinski definition) is 6. The average Bonchev–Trinajstić information content (AvgIpc) is 3.40. The minimum atomic E-state index is -0.841. The molecule has 0 aromatic heterocycles. The zero-order valence-corrected chi connectivity index (χ0v) is 19.0. The van der Waals surface area contributed by atoms with Crippen molar-refractivity contribution in [1.29, 1.82) is 0 Å². The summed E-state index contributed by atoms with van der Waals surface area (Å²) in [7, 11) is 1.51. The fourth-order valence-electron chi connectivity index (χ4n) is 4.63. The van der Waals surface area contributed by atoms with Crippen molar-refractivity contribution in [3.05, 3.63) is 88.5 Å². The number of aliphatic hydroxyl groups excluding tert-OH is 1. The van der Waals surface area contributed by atoms with E-state index in [0.29, 0.717) is 34.1 Å². The Morgan fingerprint density at radius 1 is 1.00 bits per heavy atom. The van der Waals surface area contributed by atoms with Crippen LogP contribution in [0.5, 0.6) is 17.2 Å². The highest BCUT2D eigenvalue weighted by atomic mass is 16.7. The summed E-state index contributed by atoms with van der Waals surface area (Å²) in [6.07, 6.45) is 0. The van der Waals surface area contributed by atoms with Crippen LogP contribution in [0.4, 0.5) is 5.69 Å². The Bertz CT molecular complexity index is 1340. The zero-order valence-electron chi connectivity index (χ0n) is 19.0. The van der Waals surface area contributed by atoms with Crippen LogP contribution in [0, 0.1) is 13.8 Å². The molecule has 172 valence electrons. The molecule has 5 rings (SSSR count). The lowest BCUT2D eigenvalue weighted by molar-refractivity contribution is -0.132. The van der Waals surface area contributed by atoms with Gasteiger partial charge in [0.25, 0.3) is 11.7 Å². The smallest absolute Gasteiger partial charge is 0.300 e. The normalized spacial score (nSPS) is 18.4. The largest absolute Gasteiger partial charge is 0.507 e. The highest BCUT2D eigenvalue weighted by Crippen LogP contribution is 2.45. The molecule has 7 heteroatoms. The van der Waals surface area contributed by atoms with Crippen LogP contribution in [0.2, 0.25) is 0 Å². The number of methoxy groups -OCH3 is 1. The quantitative estimate of drug-likeness (QED) is 0.348. The van der Waals surface area contributed by atoms with Gasteiger partial charge in [0.1, 0.15) is 11.5 Å². The molecule has 0 saturated carbocycles. The fourth-order valence-corrected chi connectivity index (χ4v) is 4.63. The Kier molecular flexibility index (Phi) is 5.24. The van der Waals surface area contributed by atoms with Crippen molar-refractivity contribution in [3.8, 4) is 17.2 Å². The molecule has 1 amide bonds. The van der Waals surface area contributed by atoms with Crippen LogP contribution in [0.25, 0.3) is 5.76 Å². The van der Waals surface area contributed by atoms with Gasteiger partial charge in [-0.25, -0.2) is 0 Å². The van der Waals surface area contributed by atoms with Crippen LogP contribution in [0.15, 0.2) is 66.2 Å². The van der Waals surface area contributed by atoms with Gasteiger partial charge in [0.2, 0.25) is 6.79 Å². The average molecular weight is 457 g/mol. The van der Waals surface area contributed by atoms with Gasteiger partial charge < -0.3 is 19.3 Å². The van der Waals surface area contributed by atoms with Crippen molar-refractivity contribution < 1.29 is 28.9 Å². The second kappa shape index (κ2) is 8.26. The summed E-state index contributed by atoms with van der Waals surface area (Å²) < 4.78 is 16.4. The topological polar surface area (TPSA) is 85.3 Å². The molecule has 7 nitrogen and oxygen atoms in total. The highest BCUT2D eigenvalue weighted by molar-refractivity contribution is 6.51. The summed E-state index contributed by atoms with van der Waals surface area (Å²) in [5, 5.41) is 11.5. The van der Waals surface area contributed by atoms with Gasteiger partial charge in [-0.05, 0) is 48.7 Å². The number of carbonyl (C=O) groups is 2. The van der Waals surface area contributed by atoms with Gasteiger partial charge in [-0.15, -0.1) is 0 Å². The van der Waals surface area contributed by atoms with Crippen molar-refractivity contribution in [2.24, 2.45) is 0 Å². The summed E-state index contributed by atoms with van der Waals surface area (Å²) in [6.45, 7) is 3.85. The van der Waals surface area contributed by atoms with Crippen molar-refractivity contribution in [2.75, 3.05) is 18.8 Å². The summed E-state index contributed by atoms with van der Waals surface area (Å²) in [5.74, 6) is -0.287. The Balaban J connectivity index is 1.74. The van der Waals surface area contributed by atoms with Gasteiger partial charge in [-0.2, -0.15) is 0 Å². The van der Waals surface area contributed by atoms with Gasteiger partial charge in [-0.3, -0.25) is 14.5 Å². The fraction of sp³-hybridized carbons (Fsp3) is 0.185. The van der Waals surface area contributed by atoms with Gasteiger partial charge in [-0.1, -0.05) is 36.4 Å². The second-order valence-electron chi connectivity index (χ2n) is 8.28. The molecule has 1 atom stereocenters. The van der Waals surface area contributed by atoms with Crippen molar-refractivity contribution in [3.63, 3.8) is 0 Å². The monoisotopic (exact) mass is 457 g/mol. The number of rotatable bonds is 4. The van der Waals surface area contributed by atoms with Crippen molar-refractivity contribution >= 4 is 23.1 Å². The molecular weight excluding hydrogens is 434 g/mol. The van der Waals surface area contributed by atoms with E-state index in [0.717, 1.165) is 11.1 Å². The van der Waals surface area contributed by atoms with Crippen molar-refractivity contribution in [2.45, 2.75) is 19.9 Å². The number of ether oxygens (including phenoxy) is 3. The molecule has 0 aliphatic carbocycles. The van der Waals surface area contributed by atoms with Crippen LogP contribution >= 0.6 is 0 Å². The molecule has 0 bridgehead atoms. The number of hydrogen-bond donors (Lipinski definition) is 1. The van der Waals surface area contributed by atoms with E-state index >= 15 is 0 Å². The molecule has 2 aliphatic rings. The third-order valence-corrected chi connectivity index (χ3v) is 6.07. The van der Waals surface area contributed by atoms with Crippen molar-refractivity contribution in [1.82, 2.24) is 0 Å². The number of anilines is 1.